The van der Waals surface area contributed by atoms with Gasteiger partial charge in [0.25, 0.3) is 5.91 Å². The van der Waals surface area contributed by atoms with Gasteiger partial charge >= 0.3 is 5.63 Å². The van der Waals surface area contributed by atoms with Crippen molar-refractivity contribution >= 4 is 16.9 Å². The highest BCUT2D eigenvalue weighted by Crippen LogP contribution is 2.17. The Kier molecular flexibility index (Phi) is 5.02. The molecule has 0 N–H and O–H groups in total. The average molecular weight is 369 g/mol. The lowest BCUT2D eigenvalue weighted by molar-refractivity contribution is 0.0726. The van der Waals surface area contributed by atoms with Crippen LogP contribution >= 0.6 is 0 Å². The summed E-state index contributed by atoms with van der Waals surface area (Å²) in [5.74, 6) is -0.341. The van der Waals surface area contributed by atoms with Crippen molar-refractivity contribution < 1.29 is 9.21 Å². The molecule has 0 aliphatic carbocycles. The predicted molar refractivity (Wildman–Crippen MR) is 109 cm³/mol. The fraction of sp³-hybridized carbons (Fsp3) is 0.0833. The molecule has 4 rings (SSSR count). The minimum atomic E-state index is -0.616. The Morgan fingerprint density at radius 3 is 1.89 bits per heavy atom. The van der Waals surface area contributed by atoms with E-state index >= 15 is 0 Å². The lowest BCUT2D eigenvalue weighted by Gasteiger charge is -2.23. The zero-order chi connectivity index (χ0) is 19.3. The maximum atomic E-state index is 13.3. The zero-order valence-corrected chi connectivity index (χ0v) is 15.2. The van der Waals surface area contributed by atoms with Gasteiger partial charge in [-0.05, 0) is 23.3 Å². The van der Waals surface area contributed by atoms with Crippen molar-refractivity contribution in [2.24, 2.45) is 0 Å². The van der Waals surface area contributed by atoms with Gasteiger partial charge in [-0.2, -0.15) is 0 Å². The van der Waals surface area contributed by atoms with Gasteiger partial charge in [0.15, 0.2) is 0 Å². The van der Waals surface area contributed by atoms with Crippen molar-refractivity contribution in [2.75, 3.05) is 0 Å². The molecule has 0 atom stereocenters. The summed E-state index contributed by atoms with van der Waals surface area (Å²) < 4.78 is 5.36. The molecule has 0 fully saturated rings. The van der Waals surface area contributed by atoms with E-state index in [-0.39, 0.29) is 11.5 Å². The number of hydrogen-bond acceptors (Lipinski definition) is 3. The number of carbonyl (C=O) groups is 1. The highest BCUT2D eigenvalue weighted by atomic mass is 16.4. The maximum Gasteiger partial charge on any atom is 0.349 e. The van der Waals surface area contributed by atoms with Gasteiger partial charge in [-0.15, -0.1) is 0 Å². The molecule has 0 saturated carbocycles. The van der Waals surface area contributed by atoms with Crippen LogP contribution in [0.25, 0.3) is 11.0 Å². The SMILES string of the molecule is O=C(c1cc2ccccc2oc1=O)N(Cc1ccccc1)Cc1ccccc1. The molecule has 4 aromatic rings. The second-order valence-corrected chi connectivity index (χ2v) is 6.62. The average Bonchev–Trinajstić information content (AvgIpc) is 2.74. The summed E-state index contributed by atoms with van der Waals surface area (Å²) in [6, 6.07) is 28.3. The molecule has 4 heteroatoms. The Morgan fingerprint density at radius 2 is 1.29 bits per heavy atom. The number of fused-ring (bicyclic) bond motifs is 1. The molecule has 1 heterocycles. The molecule has 1 amide bonds. The van der Waals surface area contributed by atoms with E-state index in [2.05, 4.69) is 0 Å². The van der Waals surface area contributed by atoms with Gasteiger partial charge in [0.2, 0.25) is 0 Å². The Balaban J connectivity index is 1.71. The number of carbonyl (C=O) groups excluding carboxylic acids is 1. The number of benzene rings is 3. The highest BCUT2D eigenvalue weighted by molar-refractivity contribution is 5.96. The van der Waals surface area contributed by atoms with Gasteiger partial charge in [0.05, 0.1) is 0 Å². The van der Waals surface area contributed by atoms with Gasteiger partial charge in [0.1, 0.15) is 11.1 Å². The van der Waals surface area contributed by atoms with E-state index in [0.717, 1.165) is 16.5 Å². The molecule has 0 aliphatic rings. The largest absolute Gasteiger partial charge is 0.422 e. The van der Waals surface area contributed by atoms with Crippen LogP contribution in [-0.4, -0.2) is 10.8 Å². The van der Waals surface area contributed by atoms with Gasteiger partial charge < -0.3 is 9.32 Å². The van der Waals surface area contributed by atoms with Crippen LogP contribution in [0.4, 0.5) is 0 Å². The zero-order valence-electron chi connectivity index (χ0n) is 15.2. The second-order valence-electron chi connectivity index (χ2n) is 6.62. The maximum absolute atomic E-state index is 13.3. The van der Waals surface area contributed by atoms with E-state index in [0.29, 0.717) is 18.7 Å². The Hall–Kier alpha value is -3.66. The molecule has 1 aromatic heterocycles. The second kappa shape index (κ2) is 7.92. The topological polar surface area (TPSA) is 50.5 Å². The Labute approximate surface area is 162 Å². The summed E-state index contributed by atoms with van der Waals surface area (Å²) in [4.78, 5) is 27.4. The smallest absolute Gasteiger partial charge is 0.349 e. The van der Waals surface area contributed by atoms with Crippen LogP contribution in [0.15, 0.2) is 100 Å². The first-order valence-electron chi connectivity index (χ1n) is 9.11. The van der Waals surface area contributed by atoms with Crippen molar-refractivity contribution in [3.05, 3.63) is 118 Å². The van der Waals surface area contributed by atoms with Crippen LogP contribution in [0.1, 0.15) is 21.5 Å². The third-order valence-electron chi connectivity index (χ3n) is 4.59. The molecular weight excluding hydrogens is 350 g/mol. The van der Waals surface area contributed by atoms with Crippen LogP contribution in [-0.2, 0) is 13.1 Å². The summed E-state index contributed by atoms with van der Waals surface area (Å²) in [7, 11) is 0. The molecule has 3 aromatic carbocycles. The molecule has 0 radical (unpaired) electrons. The summed E-state index contributed by atoms with van der Waals surface area (Å²) in [5, 5.41) is 0.727. The number of amides is 1. The van der Waals surface area contributed by atoms with Crippen LogP contribution < -0.4 is 5.63 Å². The number of para-hydroxylation sites is 1. The minimum absolute atomic E-state index is 0.0468. The standard InChI is InChI=1S/C24H19NO3/c26-23(21-15-20-13-7-8-14-22(20)28-24(21)27)25(16-18-9-3-1-4-10-18)17-19-11-5-2-6-12-19/h1-15H,16-17H2. The first kappa shape index (κ1) is 17.7. The van der Waals surface area contributed by atoms with Crippen LogP contribution in [0, 0.1) is 0 Å². The van der Waals surface area contributed by atoms with E-state index < -0.39 is 5.63 Å². The Bertz CT molecular complexity index is 1110. The van der Waals surface area contributed by atoms with Gasteiger partial charge in [-0.1, -0.05) is 78.9 Å². The third kappa shape index (κ3) is 3.86. The van der Waals surface area contributed by atoms with Crippen molar-refractivity contribution in [1.29, 1.82) is 0 Å². The van der Waals surface area contributed by atoms with Crippen molar-refractivity contribution in [2.45, 2.75) is 13.1 Å². The van der Waals surface area contributed by atoms with Crippen LogP contribution in [0.3, 0.4) is 0 Å². The first-order chi connectivity index (χ1) is 13.7. The molecule has 0 unspecified atom stereocenters. The number of nitrogens with zero attached hydrogens (tertiary/aromatic N) is 1. The molecule has 0 bridgehead atoms. The van der Waals surface area contributed by atoms with E-state index in [9.17, 15) is 9.59 Å². The predicted octanol–water partition coefficient (Wildman–Crippen LogP) is 4.64. The van der Waals surface area contributed by atoms with E-state index in [1.165, 1.54) is 0 Å². The summed E-state index contributed by atoms with van der Waals surface area (Å²) in [6.45, 7) is 0.807. The molecule has 138 valence electrons. The van der Waals surface area contributed by atoms with Crippen molar-refractivity contribution in [3.8, 4) is 0 Å². The summed E-state index contributed by atoms with van der Waals surface area (Å²) in [6.07, 6.45) is 0. The van der Waals surface area contributed by atoms with E-state index in [1.807, 2.05) is 72.8 Å². The van der Waals surface area contributed by atoms with Crippen molar-refractivity contribution in [3.63, 3.8) is 0 Å². The van der Waals surface area contributed by atoms with E-state index in [1.54, 1.807) is 23.1 Å². The van der Waals surface area contributed by atoms with Gasteiger partial charge in [0, 0.05) is 18.5 Å². The van der Waals surface area contributed by atoms with E-state index in [4.69, 9.17) is 4.42 Å². The van der Waals surface area contributed by atoms with Crippen LogP contribution in [0.2, 0.25) is 0 Å². The van der Waals surface area contributed by atoms with Gasteiger partial charge in [-0.3, -0.25) is 4.79 Å². The normalized spacial score (nSPS) is 10.7. The number of rotatable bonds is 5. The molecule has 4 nitrogen and oxygen atoms in total. The van der Waals surface area contributed by atoms with Crippen molar-refractivity contribution in [1.82, 2.24) is 4.90 Å². The molecule has 0 aliphatic heterocycles. The number of hydrogen-bond donors (Lipinski definition) is 0. The highest BCUT2D eigenvalue weighted by Gasteiger charge is 2.21. The molecule has 0 spiro atoms. The fourth-order valence-electron chi connectivity index (χ4n) is 3.19. The lowest BCUT2D eigenvalue weighted by Crippen LogP contribution is -2.33. The van der Waals surface area contributed by atoms with Gasteiger partial charge in [-0.25, -0.2) is 4.79 Å². The fourth-order valence-corrected chi connectivity index (χ4v) is 3.19. The lowest BCUT2D eigenvalue weighted by atomic mass is 10.1. The van der Waals surface area contributed by atoms with Crippen LogP contribution in [0.5, 0.6) is 0 Å². The minimum Gasteiger partial charge on any atom is -0.422 e. The summed E-state index contributed by atoms with van der Waals surface area (Å²) in [5.41, 5.74) is 1.90. The molecule has 0 saturated heterocycles. The molecular formula is C24H19NO3. The Morgan fingerprint density at radius 1 is 0.750 bits per heavy atom. The monoisotopic (exact) mass is 369 g/mol. The summed E-state index contributed by atoms with van der Waals surface area (Å²) >= 11 is 0. The third-order valence-corrected chi connectivity index (χ3v) is 4.59. The molecule has 28 heavy (non-hydrogen) atoms. The quantitative estimate of drug-likeness (QED) is 0.482. The first-order valence-corrected chi connectivity index (χ1v) is 9.11.